The molecule has 114 valence electrons. The Balaban J connectivity index is 1.56. The van der Waals surface area contributed by atoms with E-state index in [-0.39, 0.29) is 11.9 Å². The standard InChI is InChI=1S/C17H19N3OS/c1-12(20-7-6-18-13(20)2)9-17(21)19-11-14-3-4-16-15(10-14)5-8-22-16/h3-8,10,12H,9,11H2,1-2H3,(H,19,21). The summed E-state index contributed by atoms with van der Waals surface area (Å²) in [6, 6.07) is 8.54. The summed E-state index contributed by atoms with van der Waals surface area (Å²) in [5, 5.41) is 6.32. The summed E-state index contributed by atoms with van der Waals surface area (Å²) in [4.78, 5) is 16.3. The lowest BCUT2D eigenvalue weighted by atomic mass is 10.1. The number of nitrogens with zero attached hydrogens (tertiary/aromatic N) is 2. The minimum atomic E-state index is 0.0611. The molecule has 0 fully saturated rings. The van der Waals surface area contributed by atoms with Crippen LogP contribution in [0.1, 0.15) is 30.8 Å². The second-order valence-corrected chi connectivity index (χ2v) is 6.45. The topological polar surface area (TPSA) is 46.9 Å². The lowest BCUT2D eigenvalue weighted by Crippen LogP contribution is -2.25. The van der Waals surface area contributed by atoms with Gasteiger partial charge in [0.1, 0.15) is 5.82 Å². The Kier molecular flexibility index (Phi) is 4.24. The number of carbonyl (C=O) groups is 1. The molecule has 1 N–H and O–H groups in total. The number of nitrogens with one attached hydrogen (secondary N) is 1. The third-order valence-electron chi connectivity index (χ3n) is 3.82. The van der Waals surface area contributed by atoms with Crippen LogP contribution in [0.25, 0.3) is 10.1 Å². The van der Waals surface area contributed by atoms with Gasteiger partial charge in [-0.2, -0.15) is 0 Å². The summed E-state index contributed by atoms with van der Waals surface area (Å²) in [7, 11) is 0. The van der Waals surface area contributed by atoms with Crippen molar-refractivity contribution in [3.8, 4) is 0 Å². The van der Waals surface area contributed by atoms with Crippen molar-refractivity contribution in [1.29, 1.82) is 0 Å². The van der Waals surface area contributed by atoms with Crippen molar-refractivity contribution in [2.45, 2.75) is 32.9 Å². The highest BCUT2D eigenvalue weighted by atomic mass is 32.1. The SMILES string of the molecule is Cc1nccn1C(C)CC(=O)NCc1ccc2sccc2c1. The number of aromatic nitrogens is 2. The van der Waals surface area contributed by atoms with Gasteiger partial charge >= 0.3 is 0 Å². The first-order chi connectivity index (χ1) is 10.6. The van der Waals surface area contributed by atoms with Gasteiger partial charge in [-0.25, -0.2) is 4.98 Å². The number of benzene rings is 1. The fourth-order valence-corrected chi connectivity index (χ4v) is 3.39. The van der Waals surface area contributed by atoms with Gasteiger partial charge in [0.15, 0.2) is 0 Å². The highest BCUT2D eigenvalue weighted by Gasteiger charge is 2.12. The molecule has 1 atom stereocenters. The van der Waals surface area contributed by atoms with Gasteiger partial charge in [-0.15, -0.1) is 11.3 Å². The van der Waals surface area contributed by atoms with Crippen LogP contribution in [0.2, 0.25) is 0 Å². The van der Waals surface area contributed by atoms with Crippen molar-refractivity contribution in [1.82, 2.24) is 14.9 Å². The van der Waals surface area contributed by atoms with E-state index in [0.717, 1.165) is 11.4 Å². The molecule has 1 amide bonds. The van der Waals surface area contributed by atoms with Gasteiger partial charge in [0.05, 0.1) is 0 Å². The number of carbonyl (C=O) groups excluding carboxylic acids is 1. The molecule has 0 saturated heterocycles. The molecule has 0 bridgehead atoms. The van der Waals surface area contributed by atoms with Crippen LogP contribution in [0.4, 0.5) is 0 Å². The Labute approximate surface area is 133 Å². The number of hydrogen-bond donors (Lipinski definition) is 1. The number of thiophene rings is 1. The van der Waals surface area contributed by atoms with Gasteiger partial charge in [0.2, 0.25) is 5.91 Å². The Morgan fingerprint density at radius 2 is 2.27 bits per heavy atom. The summed E-state index contributed by atoms with van der Waals surface area (Å²) in [5.74, 6) is 0.995. The van der Waals surface area contributed by atoms with Crippen LogP contribution in [-0.2, 0) is 11.3 Å². The van der Waals surface area contributed by atoms with Gasteiger partial charge in [-0.05, 0) is 48.4 Å². The lowest BCUT2D eigenvalue weighted by molar-refractivity contribution is -0.121. The smallest absolute Gasteiger partial charge is 0.222 e. The maximum atomic E-state index is 12.1. The molecule has 0 radical (unpaired) electrons. The second kappa shape index (κ2) is 6.32. The summed E-state index contributed by atoms with van der Waals surface area (Å²) in [6.45, 7) is 4.55. The first-order valence-corrected chi connectivity index (χ1v) is 8.24. The van der Waals surface area contributed by atoms with E-state index >= 15 is 0 Å². The van der Waals surface area contributed by atoms with Crippen molar-refractivity contribution in [3.63, 3.8) is 0 Å². The minimum absolute atomic E-state index is 0.0611. The van der Waals surface area contributed by atoms with Crippen LogP contribution in [-0.4, -0.2) is 15.5 Å². The Morgan fingerprint density at radius 1 is 1.41 bits per heavy atom. The maximum absolute atomic E-state index is 12.1. The highest BCUT2D eigenvalue weighted by molar-refractivity contribution is 7.17. The zero-order valence-electron chi connectivity index (χ0n) is 12.7. The molecule has 2 aromatic heterocycles. The number of hydrogen-bond acceptors (Lipinski definition) is 3. The first kappa shape index (κ1) is 14.8. The summed E-state index contributed by atoms with van der Waals surface area (Å²) in [5.41, 5.74) is 1.13. The average molecular weight is 313 g/mol. The quantitative estimate of drug-likeness (QED) is 0.781. The summed E-state index contributed by atoms with van der Waals surface area (Å²) >= 11 is 1.73. The molecular weight excluding hydrogens is 294 g/mol. The Morgan fingerprint density at radius 3 is 3.05 bits per heavy atom. The highest BCUT2D eigenvalue weighted by Crippen LogP contribution is 2.21. The fourth-order valence-electron chi connectivity index (χ4n) is 2.62. The van der Waals surface area contributed by atoms with Crippen molar-refractivity contribution < 1.29 is 4.79 Å². The molecule has 3 rings (SSSR count). The van der Waals surface area contributed by atoms with E-state index in [2.05, 4.69) is 39.9 Å². The van der Waals surface area contributed by atoms with Crippen molar-refractivity contribution >= 4 is 27.3 Å². The maximum Gasteiger partial charge on any atom is 0.222 e. The molecule has 0 aliphatic heterocycles. The molecule has 0 saturated carbocycles. The molecule has 2 heterocycles. The number of fused-ring (bicyclic) bond motifs is 1. The predicted octanol–water partition coefficient (Wildman–Crippen LogP) is 3.67. The van der Waals surface area contributed by atoms with E-state index in [9.17, 15) is 4.79 Å². The molecule has 0 aliphatic carbocycles. The van der Waals surface area contributed by atoms with E-state index in [1.807, 2.05) is 24.6 Å². The van der Waals surface area contributed by atoms with E-state index in [4.69, 9.17) is 0 Å². The second-order valence-electron chi connectivity index (χ2n) is 5.50. The zero-order chi connectivity index (χ0) is 15.5. The van der Waals surface area contributed by atoms with Crippen LogP contribution in [0, 0.1) is 6.92 Å². The Hall–Kier alpha value is -2.14. The largest absolute Gasteiger partial charge is 0.352 e. The van der Waals surface area contributed by atoms with Gasteiger partial charge in [0.25, 0.3) is 0 Å². The third kappa shape index (κ3) is 3.20. The van der Waals surface area contributed by atoms with Gasteiger partial charge < -0.3 is 9.88 Å². The third-order valence-corrected chi connectivity index (χ3v) is 4.72. The van der Waals surface area contributed by atoms with E-state index in [1.54, 1.807) is 17.5 Å². The van der Waals surface area contributed by atoms with Crippen LogP contribution in [0.3, 0.4) is 0 Å². The van der Waals surface area contributed by atoms with Crippen molar-refractivity contribution in [2.75, 3.05) is 0 Å². The monoisotopic (exact) mass is 313 g/mol. The number of amides is 1. The Bertz CT molecular complexity index is 790. The van der Waals surface area contributed by atoms with Gasteiger partial charge in [-0.1, -0.05) is 6.07 Å². The van der Waals surface area contributed by atoms with Gasteiger partial charge in [-0.3, -0.25) is 4.79 Å². The summed E-state index contributed by atoms with van der Waals surface area (Å²) in [6.07, 6.45) is 4.13. The normalized spacial score (nSPS) is 12.5. The van der Waals surface area contributed by atoms with Crippen LogP contribution >= 0.6 is 11.3 Å². The summed E-state index contributed by atoms with van der Waals surface area (Å²) < 4.78 is 3.30. The molecular formula is C17H19N3OS. The molecule has 5 heteroatoms. The molecule has 0 aliphatic rings. The van der Waals surface area contributed by atoms with Crippen molar-refractivity contribution in [3.05, 3.63) is 53.4 Å². The first-order valence-electron chi connectivity index (χ1n) is 7.36. The number of aryl methyl sites for hydroxylation is 1. The predicted molar refractivity (Wildman–Crippen MR) is 90.0 cm³/mol. The van der Waals surface area contributed by atoms with E-state index in [0.29, 0.717) is 13.0 Å². The van der Waals surface area contributed by atoms with Crippen LogP contribution in [0.5, 0.6) is 0 Å². The van der Waals surface area contributed by atoms with Crippen LogP contribution < -0.4 is 5.32 Å². The van der Waals surface area contributed by atoms with Crippen molar-refractivity contribution in [2.24, 2.45) is 0 Å². The van der Waals surface area contributed by atoms with E-state index < -0.39 is 0 Å². The molecule has 1 aromatic carbocycles. The fraction of sp³-hybridized carbons (Fsp3) is 0.294. The number of imidazole rings is 1. The molecule has 0 spiro atoms. The zero-order valence-corrected chi connectivity index (χ0v) is 13.6. The lowest BCUT2D eigenvalue weighted by Gasteiger charge is -2.15. The molecule has 22 heavy (non-hydrogen) atoms. The number of rotatable bonds is 5. The minimum Gasteiger partial charge on any atom is -0.352 e. The van der Waals surface area contributed by atoms with Crippen LogP contribution in [0.15, 0.2) is 42.0 Å². The van der Waals surface area contributed by atoms with Gasteiger partial charge in [0, 0.05) is 36.1 Å². The average Bonchev–Trinajstić information content (AvgIpc) is 3.12. The molecule has 4 nitrogen and oxygen atoms in total. The molecule has 1 unspecified atom stereocenters. The molecule has 3 aromatic rings. The van der Waals surface area contributed by atoms with E-state index in [1.165, 1.54) is 10.1 Å².